The third-order valence-electron chi connectivity index (χ3n) is 3.81. The highest BCUT2D eigenvalue weighted by Crippen LogP contribution is 2.27. The standard InChI is InChI=1S/C22H16N2O2/c25-15-19-9-3-1-7-17(19)13-23-21-11-5-6-12-22(21)24-14-18-8-2-4-10-20(18)16-26/h1-16H. The third-order valence-corrected chi connectivity index (χ3v) is 3.81. The van der Waals surface area contributed by atoms with Crippen molar-refractivity contribution in [2.24, 2.45) is 9.98 Å². The number of carbonyl (C=O) groups is 2. The molecule has 0 saturated heterocycles. The normalized spacial score (nSPS) is 11.1. The molecule has 0 bridgehead atoms. The van der Waals surface area contributed by atoms with Gasteiger partial charge in [0, 0.05) is 34.7 Å². The zero-order chi connectivity index (χ0) is 18.2. The molecule has 0 heterocycles. The molecule has 0 unspecified atom stereocenters. The molecular formula is C22H16N2O2. The molecule has 0 amide bonds. The van der Waals surface area contributed by atoms with Crippen molar-refractivity contribution in [2.45, 2.75) is 0 Å². The second kappa shape index (κ2) is 8.44. The molecule has 0 aromatic heterocycles. The van der Waals surface area contributed by atoms with Crippen LogP contribution in [0, 0.1) is 0 Å². The average Bonchev–Trinajstić information content (AvgIpc) is 2.71. The van der Waals surface area contributed by atoms with Crippen LogP contribution in [0.25, 0.3) is 0 Å². The van der Waals surface area contributed by atoms with E-state index in [1.165, 1.54) is 0 Å². The smallest absolute Gasteiger partial charge is 0.150 e. The van der Waals surface area contributed by atoms with Gasteiger partial charge in [-0.2, -0.15) is 0 Å². The predicted molar refractivity (Wildman–Crippen MR) is 105 cm³/mol. The maximum atomic E-state index is 11.1. The van der Waals surface area contributed by atoms with E-state index in [4.69, 9.17) is 0 Å². The molecule has 0 aliphatic carbocycles. The molecule has 0 fully saturated rings. The highest BCUT2D eigenvalue weighted by atomic mass is 16.1. The minimum Gasteiger partial charge on any atom is -0.298 e. The number of aliphatic imine (C=N–C) groups is 2. The topological polar surface area (TPSA) is 58.9 Å². The van der Waals surface area contributed by atoms with E-state index < -0.39 is 0 Å². The molecule has 3 aromatic rings. The van der Waals surface area contributed by atoms with Crippen LogP contribution in [0.4, 0.5) is 11.4 Å². The average molecular weight is 340 g/mol. The molecule has 0 saturated carbocycles. The summed E-state index contributed by atoms with van der Waals surface area (Å²) in [5, 5.41) is 0. The first-order valence-electron chi connectivity index (χ1n) is 8.07. The van der Waals surface area contributed by atoms with Crippen molar-refractivity contribution in [3.63, 3.8) is 0 Å². The van der Waals surface area contributed by atoms with Crippen LogP contribution in [-0.4, -0.2) is 25.0 Å². The van der Waals surface area contributed by atoms with E-state index in [1.54, 1.807) is 24.6 Å². The van der Waals surface area contributed by atoms with Gasteiger partial charge in [0.05, 0.1) is 11.4 Å². The Bertz CT molecular complexity index is 910. The number of carbonyl (C=O) groups excluding carboxylic acids is 2. The maximum absolute atomic E-state index is 11.1. The van der Waals surface area contributed by atoms with Gasteiger partial charge in [0.15, 0.2) is 12.6 Å². The van der Waals surface area contributed by atoms with Crippen molar-refractivity contribution in [2.75, 3.05) is 0 Å². The fourth-order valence-electron chi connectivity index (χ4n) is 2.43. The Labute approximate surface area is 151 Å². The Morgan fingerprint density at radius 1 is 0.500 bits per heavy atom. The first-order valence-corrected chi connectivity index (χ1v) is 8.07. The summed E-state index contributed by atoms with van der Waals surface area (Å²) in [5.41, 5.74) is 4.00. The van der Waals surface area contributed by atoms with Gasteiger partial charge in [-0.25, -0.2) is 0 Å². The largest absolute Gasteiger partial charge is 0.298 e. The van der Waals surface area contributed by atoms with E-state index in [9.17, 15) is 9.59 Å². The van der Waals surface area contributed by atoms with Crippen LogP contribution in [0.15, 0.2) is 82.8 Å². The molecule has 3 rings (SSSR count). The van der Waals surface area contributed by atoms with Crippen LogP contribution >= 0.6 is 0 Å². The molecule has 4 heteroatoms. The Morgan fingerprint density at radius 3 is 1.23 bits per heavy atom. The summed E-state index contributed by atoms with van der Waals surface area (Å²) < 4.78 is 0. The van der Waals surface area contributed by atoms with E-state index in [1.807, 2.05) is 60.7 Å². The van der Waals surface area contributed by atoms with E-state index >= 15 is 0 Å². The molecule has 26 heavy (non-hydrogen) atoms. The fourth-order valence-corrected chi connectivity index (χ4v) is 2.43. The van der Waals surface area contributed by atoms with Crippen LogP contribution in [-0.2, 0) is 0 Å². The number of para-hydroxylation sites is 2. The summed E-state index contributed by atoms with van der Waals surface area (Å²) in [7, 11) is 0. The van der Waals surface area contributed by atoms with Gasteiger partial charge in [-0.3, -0.25) is 19.6 Å². The fraction of sp³-hybridized carbons (Fsp3) is 0. The lowest BCUT2D eigenvalue weighted by Crippen LogP contribution is -1.90. The number of benzene rings is 3. The van der Waals surface area contributed by atoms with Crippen molar-refractivity contribution in [3.05, 3.63) is 95.1 Å². The van der Waals surface area contributed by atoms with Crippen molar-refractivity contribution in [1.82, 2.24) is 0 Å². The summed E-state index contributed by atoms with van der Waals surface area (Å²) in [5.74, 6) is 0. The van der Waals surface area contributed by atoms with Crippen LogP contribution in [0.2, 0.25) is 0 Å². The van der Waals surface area contributed by atoms with Gasteiger partial charge in [0.25, 0.3) is 0 Å². The zero-order valence-corrected chi connectivity index (χ0v) is 13.9. The number of rotatable bonds is 6. The highest BCUT2D eigenvalue weighted by Gasteiger charge is 2.01. The molecular weight excluding hydrogens is 324 g/mol. The molecule has 4 nitrogen and oxygen atoms in total. The second-order valence-electron chi connectivity index (χ2n) is 5.50. The SMILES string of the molecule is O=Cc1ccccc1C=Nc1ccccc1N=Cc1ccccc1C=O. The van der Waals surface area contributed by atoms with E-state index in [0.717, 1.165) is 23.7 Å². The van der Waals surface area contributed by atoms with E-state index in [0.29, 0.717) is 22.5 Å². The lowest BCUT2D eigenvalue weighted by Gasteiger charge is -2.02. The lowest BCUT2D eigenvalue weighted by molar-refractivity contribution is 0.111. The monoisotopic (exact) mass is 340 g/mol. The zero-order valence-electron chi connectivity index (χ0n) is 13.9. The molecule has 0 spiro atoms. The summed E-state index contributed by atoms with van der Waals surface area (Å²) in [6, 6.07) is 21.9. The van der Waals surface area contributed by atoms with Crippen LogP contribution in [0.1, 0.15) is 31.8 Å². The van der Waals surface area contributed by atoms with E-state index in [-0.39, 0.29) is 0 Å². The third kappa shape index (κ3) is 4.05. The Hall–Kier alpha value is -3.66. The van der Waals surface area contributed by atoms with Crippen LogP contribution < -0.4 is 0 Å². The summed E-state index contributed by atoms with van der Waals surface area (Å²) in [4.78, 5) is 31.2. The van der Waals surface area contributed by atoms with Gasteiger partial charge in [-0.15, -0.1) is 0 Å². The summed E-state index contributed by atoms with van der Waals surface area (Å²) in [6.45, 7) is 0. The van der Waals surface area contributed by atoms with Gasteiger partial charge in [0.2, 0.25) is 0 Å². The van der Waals surface area contributed by atoms with Crippen molar-refractivity contribution in [1.29, 1.82) is 0 Å². The molecule has 0 N–H and O–H groups in total. The minimum atomic E-state index is 0.581. The predicted octanol–water partition coefficient (Wildman–Crippen LogP) is 4.81. The Morgan fingerprint density at radius 2 is 0.846 bits per heavy atom. The Kier molecular flexibility index (Phi) is 5.58. The van der Waals surface area contributed by atoms with Crippen LogP contribution in [0.5, 0.6) is 0 Å². The summed E-state index contributed by atoms with van der Waals surface area (Å²) >= 11 is 0. The van der Waals surface area contributed by atoms with Crippen LogP contribution in [0.3, 0.4) is 0 Å². The lowest BCUT2D eigenvalue weighted by atomic mass is 10.1. The molecule has 3 aromatic carbocycles. The number of hydrogen-bond acceptors (Lipinski definition) is 4. The minimum absolute atomic E-state index is 0.581. The molecule has 0 atom stereocenters. The molecule has 0 aliphatic heterocycles. The first-order chi connectivity index (χ1) is 12.8. The summed E-state index contributed by atoms with van der Waals surface area (Å²) in [6.07, 6.45) is 4.92. The van der Waals surface area contributed by atoms with Gasteiger partial charge in [-0.05, 0) is 12.1 Å². The Balaban J connectivity index is 1.91. The maximum Gasteiger partial charge on any atom is 0.150 e. The van der Waals surface area contributed by atoms with Crippen molar-refractivity contribution in [3.8, 4) is 0 Å². The molecule has 0 aliphatic rings. The molecule has 0 radical (unpaired) electrons. The van der Waals surface area contributed by atoms with Crippen molar-refractivity contribution >= 4 is 36.4 Å². The van der Waals surface area contributed by atoms with Crippen molar-refractivity contribution < 1.29 is 9.59 Å². The number of hydrogen-bond donors (Lipinski definition) is 0. The quantitative estimate of drug-likeness (QED) is 0.477. The van der Waals surface area contributed by atoms with Gasteiger partial charge in [-0.1, -0.05) is 60.7 Å². The van der Waals surface area contributed by atoms with E-state index in [2.05, 4.69) is 9.98 Å². The first kappa shape index (κ1) is 17.2. The van der Waals surface area contributed by atoms with Gasteiger partial charge < -0.3 is 0 Å². The molecule has 126 valence electrons. The highest BCUT2D eigenvalue weighted by molar-refractivity contribution is 5.95. The van der Waals surface area contributed by atoms with Gasteiger partial charge >= 0.3 is 0 Å². The number of aldehydes is 2. The second-order valence-corrected chi connectivity index (χ2v) is 5.50. The number of nitrogens with zero attached hydrogens (tertiary/aromatic N) is 2. The van der Waals surface area contributed by atoms with Gasteiger partial charge in [0.1, 0.15) is 0 Å².